The summed E-state index contributed by atoms with van der Waals surface area (Å²) >= 11 is 0. The minimum atomic E-state index is 0.316. The number of nitrogens with zero attached hydrogens (tertiary/aromatic N) is 3. The highest BCUT2D eigenvalue weighted by Gasteiger charge is 2.09. The van der Waals surface area contributed by atoms with Gasteiger partial charge in [0.05, 0.1) is 29.4 Å². The van der Waals surface area contributed by atoms with Crippen molar-refractivity contribution in [1.29, 1.82) is 0 Å². The van der Waals surface area contributed by atoms with Crippen LogP contribution in [-0.4, -0.2) is 33.3 Å². The maximum absolute atomic E-state index is 8.80. The summed E-state index contributed by atoms with van der Waals surface area (Å²) in [6.45, 7) is 1.01. The van der Waals surface area contributed by atoms with Crippen molar-refractivity contribution in [1.82, 2.24) is 15.0 Å². The molecule has 5 heteroatoms. The van der Waals surface area contributed by atoms with Crippen molar-refractivity contribution in [2.24, 2.45) is 0 Å². The van der Waals surface area contributed by atoms with Gasteiger partial charge in [0.1, 0.15) is 5.75 Å². The van der Waals surface area contributed by atoms with E-state index in [9.17, 15) is 0 Å². The lowest BCUT2D eigenvalue weighted by Gasteiger charge is -2.10. The second kappa shape index (κ2) is 12.7. The summed E-state index contributed by atoms with van der Waals surface area (Å²) in [4.78, 5) is 13.6. The third-order valence-electron chi connectivity index (χ3n) is 4.97. The van der Waals surface area contributed by atoms with Crippen LogP contribution < -0.4 is 4.74 Å². The molecule has 0 spiro atoms. The van der Waals surface area contributed by atoms with Crippen LogP contribution in [0.1, 0.15) is 51.4 Å². The predicted molar refractivity (Wildman–Crippen MR) is 120 cm³/mol. The number of hydrogen-bond donors (Lipinski definition) is 1. The van der Waals surface area contributed by atoms with E-state index in [4.69, 9.17) is 14.8 Å². The summed E-state index contributed by atoms with van der Waals surface area (Å²) < 4.78 is 6.07. The predicted octanol–water partition coefficient (Wildman–Crippen LogP) is 5.70. The van der Waals surface area contributed by atoms with E-state index in [1.807, 2.05) is 48.5 Å². The van der Waals surface area contributed by atoms with E-state index in [-0.39, 0.29) is 0 Å². The molecule has 0 aliphatic rings. The van der Waals surface area contributed by atoms with Gasteiger partial charge in [-0.25, -0.2) is 4.98 Å². The summed E-state index contributed by atoms with van der Waals surface area (Å²) in [6, 6.07) is 15.5. The molecule has 0 atom stereocenters. The monoisotopic (exact) mass is 405 g/mol. The van der Waals surface area contributed by atoms with Gasteiger partial charge in [0.15, 0.2) is 0 Å². The zero-order valence-electron chi connectivity index (χ0n) is 17.5. The van der Waals surface area contributed by atoms with Crippen LogP contribution in [0.25, 0.3) is 22.8 Å². The van der Waals surface area contributed by atoms with Crippen molar-refractivity contribution in [3.63, 3.8) is 0 Å². The van der Waals surface area contributed by atoms with E-state index in [1.165, 1.54) is 32.1 Å². The van der Waals surface area contributed by atoms with Gasteiger partial charge in [-0.3, -0.25) is 9.97 Å². The van der Waals surface area contributed by atoms with Gasteiger partial charge in [-0.15, -0.1) is 0 Å². The van der Waals surface area contributed by atoms with Crippen molar-refractivity contribution >= 4 is 0 Å². The van der Waals surface area contributed by atoms with Crippen molar-refractivity contribution in [2.75, 3.05) is 13.2 Å². The lowest BCUT2D eigenvalue weighted by molar-refractivity contribution is 0.282. The highest BCUT2D eigenvalue weighted by Crippen LogP contribution is 2.26. The van der Waals surface area contributed by atoms with Crippen LogP contribution >= 0.6 is 0 Å². The van der Waals surface area contributed by atoms with Crippen LogP contribution in [-0.2, 0) is 0 Å². The van der Waals surface area contributed by atoms with Gasteiger partial charge >= 0.3 is 0 Å². The zero-order chi connectivity index (χ0) is 20.9. The number of pyridine rings is 3. The summed E-state index contributed by atoms with van der Waals surface area (Å²) in [7, 11) is 0. The first-order chi connectivity index (χ1) is 14.9. The highest BCUT2D eigenvalue weighted by atomic mass is 16.5. The van der Waals surface area contributed by atoms with E-state index in [0.717, 1.165) is 47.8 Å². The number of hydrogen-bond acceptors (Lipinski definition) is 5. The molecule has 0 aliphatic heterocycles. The van der Waals surface area contributed by atoms with Crippen LogP contribution in [0.2, 0.25) is 0 Å². The number of aliphatic hydroxyl groups excluding tert-OH is 1. The van der Waals surface area contributed by atoms with Crippen LogP contribution in [0.5, 0.6) is 5.75 Å². The van der Waals surface area contributed by atoms with Gasteiger partial charge in [-0.1, -0.05) is 50.7 Å². The van der Waals surface area contributed by atoms with Crippen LogP contribution in [0, 0.1) is 0 Å². The molecule has 1 N–H and O–H groups in total. The van der Waals surface area contributed by atoms with E-state index in [2.05, 4.69) is 9.97 Å². The molecule has 5 nitrogen and oxygen atoms in total. The molecule has 0 fully saturated rings. The first-order valence-corrected chi connectivity index (χ1v) is 11.0. The zero-order valence-corrected chi connectivity index (χ0v) is 17.5. The Morgan fingerprint density at radius 2 is 1.17 bits per heavy atom. The minimum absolute atomic E-state index is 0.316. The van der Waals surface area contributed by atoms with Gasteiger partial charge in [0, 0.05) is 31.1 Å². The topological polar surface area (TPSA) is 68.1 Å². The Hall–Kier alpha value is -2.79. The summed E-state index contributed by atoms with van der Waals surface area (Å²) in [5.41, 5.74) is 3.22. The standard InChI is InChI=1S/C25H31N3O2/c29-17-11-5-3-1-2-4-6-12-18-30-21-19-24(22-13-7-9-15-26-22)28-25(20-21)23-14-8-10-16-27-23/h7-10,13-16,19-20,29H,1-6,11-12,17-18H2. The minimum Gasteiger partial charge on any atom is -0.493 e. The van der Waals surface area contributed by atoms with Gasteiger partial charge in [0.2, 0.25) is 0 Å². The molecular weight excluding hydrogens is 374 g/mol. The Morgan fingerprint density at radius 3 is 1.67 bits per heavy atom. The van der Waals surface area contributed by atoms with Gasteiger partial charge < -0.3 is 9.84 Å². The third kappa shape index (κ3) is 7.23. The lowest BCUT2D eigenvalue weighted by Crippen LogP contribution is -2.00. The molecule has 3 rings (SSSR count). The second-order valence-electron chi connectivity index (χ2n) is 7.40. The smallest absolute Gasteiger partial charge is 0.123 e. The molecule has 30 heavy (non-hydrogen) atoms. The molecule has 0 saturated heterocycles. The van der Waals surface area contributed by atoms with Crippen LogP contribution in [0.15, 0.2) is 60.9 Å². The lowest BCUT2D eigenvalue weighted by atomic mass is 10.1. The molecule has 0 amide bonds. The fourth-order valence-electron chi connectivity index (χ4n) is 3.34. The van der Waals surface area contributed by atoms with E-state index >= 15 is 0 Å². The van der Waals surface area contributed by atoms with E-state index in [0.29, 0.717) is 13.2 Å². The molecule has 0 radical (unpaired) electrons. The summed E-state index contributed by atoms with van der Waals surface area (Å²) in [5.74, 6) is 0.801. The molecule has 0 bridgehead atoms. The summed E-state index contributed by atoms with van der Waals surface area (Å²) in [5, 5.41) is 8.80. The quantitative estimate of drug-likeness (QED) is 0.370. The van der Waals surface area contributed by atoms with Crippen molar-refractivity contribution < 1.29 is 9.84 Å². The molecule has 3 heterocycles. The number of unbranched alkanes of at least 4 members (excludes halogenated alkanes) is 7. The molecule has 0 aliphatic carbocycles. The Kier molecular flexibility index (Phi) is 9.28. The molecule has 0 aromatic carbocycles. The van der Waals surface area contributed by atoms with Crippen molar-refractivity contribution in [2.45, 2.75) is 51.4 Å². The maximum atomic E-state index is 8.80. The Morgan fingerprint density at radius 1 is 0.633 bits per heavy atom. The number of aliphatic hydroxyl groups is 1. The highest BCUT2D eigenvalue weighted by molar-refractivity contribution is 5.64. The van der Waals surface area contributed by atoms with Crippen LogP contribution in [0.4, 0.5) is 0 Å². The average molecular weight is 406 g/mol. The number of rotatable bonds is 13. The Balaban J connectivity index is 1.55. The second-order valence-corrected chi connectivity index (χ2v) is 7.40. The molecular formula is C25H31N3O2. The molecule has 0 unspecified atom stereocenters. The molecule has 3 aromatic heterocycles. The number of aromatic nitrogens is 3. The number of ether oxygens (including phenoxy) is 1. The van der Waals surface area contributed by atoms with Gasteiger partial charge in [0.25, 0.3) is 0 Å². The Labute approximate surface area is 179 Å². The van der Waals surface area contributed by atoms with Crippen molar-refractivity contribution in [3.05, 3.63) is 60.9 Å². The van der Waals surface area contributed by atoms with Gasteiger partial charge in [-0.05, 0) is 37.1 Å². The maximum Gasteiger partial charge on any atom is 0.123 e. The van der Waals surface area contributed by atoms with Crippen LogP contribution in [0.3, 0.4) is 0 Å². The summed E-state index contributed by atoms with van der Waals surface area (Å²) in [6.07, 6.45) is 12.8. The SMILES string of the molecule is OCCCCCCCCCCOc1cc(-c2ccccn2)nc(-c2ccccn2)c1. The molecule has 3 aromatic rings. The third-order valence-corrected chi connectivity index (χ3v) is 4.97. The first kappa shape index (κ1) is 21.9. The van der Waals surface area contributed by atoms with Gasteiger partial charge in [-0.2, -0.15) is 0 Å². The largest absolute Gasteiger partial charge is 0.493 e. The van der Waals surface area contributed by atoms with Crippen molar-refractivity contribution in [3.8, 4) is 28.5 Å². The fraction of sp³-hybridized carbons (Fsp3) is 0.400. The first-order valence-electron chi connectivity index (χ1n) is 11.0. The van der Waals surface area contributed by atoms with E-state index < -0.39 is 0 Å². The average Bonchev–Trinajstić information content (AvgIpc) is 2.81. The Bertz CT molecular complexity index is 799. The fourth-order valence-corrected chi connectivity index (χ4v) is 3.34. The van der Waals surface area contributed by atoms with E-state index in [1.54, 1.807) is 12.4 Å². The molecule has 0 saturated carbocycles. The molecule has 158 valence electrons. The normalized spacial score (nSPS) is 10.8.